The highest BCUT2D eigenvalue weighted by atomic mass is 16.1. The predicted molar refractivity (Wildman–Crippen MR) is 77.3 cm³/mol. The Hall–Kier alpha value is -2.27. The summed E-state index contributed by atoms with van der Waals surface area (Å²) in [4.78, 5) is 20.0. The number of carbonyl (C=O) groups is 1. The Morgan fingerprint density at radius 1 is 1.10 bits per heavy atom. The van der Waals surface area contributed by atoms with Crippen molar-refractivity contribution in [3.8, 4) is 0 Å². The number of nitrogens with one attached hydrogen (secondary N) is 2. The van der Waals surface area contributed by atoms with Crippen molar-refractivity contribution in [2.45, 2.75) is 13.5 Å². The van der Waals surface area contributed by atoms with Crippen molar-refractivity contribution in [2.24, 2.45) is 0 Å². The van der Waals surface area contributed by atoms with Crippen molar-refractivity contribution in [2.75, 3.05) is 13.1 Å². The van der Waals surface area contributed by atoms with Crippen LogP contribution in [0.5, 0.6) is 0 Å². The van der Waals surface area contributed by atoms with Crippen molar-refractivity contribution in [1.82, 2.24) is 20.6 Å². The molecule has 5 heteroatoms. The molecular formula is C15H18N4O. The van der Waals surface area contributed by atoms with E-state index in [0.29, 0.717) is 25.2 Å². The van der Waals surface area contributed by atoms with Crippen molar-refractivity contribution in [1.29, 1.82) is 0 Å². The lowest BCUT2D eigenvalue weighted by molar-refractivity contribution is 0.0954. The third-order valence-electron chi connectivity index (χ3n) is 2.80. The van der Waals surface area contributed by atoms with Gasteiger partial charge in [0.2, 0.25) is 0 Å². The summed E-state index contributed by atoms with van der Waals surface area (Å²) in [5, 5.41) is 6.04. The second kappa shape index (κ2) is 7.35. The summed E-state index contributed by atoms with van der Waals surface area (Å²) in [6.45, 7) is 3.84. The molecule has 2 rings (SSSR count). The number of amides is 1. The van der Waals surface area contributed by atoms with E-state index in [9.17, 15) is 4.79 Å². The van der Waals surface area contributed by atoms with Gasteiger partial charge in [-0.15, -0.1) is 0 Å². The van der Waals surface area contributed by atoms with Crippen LogP contribution in [0, 0.1) is 6.92 Å². The summed E-state index contributed by atoms with van der Waals surface area (Å²) < 4.78 is 0. The molecule has 0 aliphatic carbocycles. The van der Waals surface area contributed by atoms with E-state index >= 15 is 0 Å². The summed E-state index contributed by atoms with van der Waals surface area (Å²) in [6, 6.07) is 9.30. The second-order valence-corrected chi connectivity index (χ2v) is 4.46. The maximum atomic E-state index is 11.8. The molecule has 1 heterocycles. The second-order valence-electron chi connectivity index (χ2n) is 4.46. The molecule has 0 bridgehead atoms. The van der Waals surface area contributed by atoms with Crippen LogP contribution < -0.4 is 10.6 Å². The Bertz CT molecular complexity index is 540. The van der Waals surface area contributed by atoms with E-state index in [1.54, 1.807) is 18.5 Å². The van der Waals surface area contributed by atoms with Crippen LogP contribution in [0.1, 0.15) is 21.7 Å². The fourth-order valence-electron chi connectivity index (χ4n) is 1.69. The van der Waals surface area contributed by atoms with Gasteiger partial charge in [-0.05, 0) is 25.1 Å². The van der Waals surface area contributed by atoms with Crippen molar-refractivity contribution in [3.63, 3.8) is 0 Å². The molecule has 2 aromatic rings. The summed E-state index contributed by atoms with van der Waals surface area (Å²) in [7, 11) is 0. The average molecular weight is 270 g/mol. The molecule has 20 heavy (non-hydrogen) atoms. The number of hydrogen-bond donors (Lipinski definition) is 2. The summed E-state index contributed by atoms with van der Waals surface area (Å²) >= 11 is 0. The lowest BCUT2D eigenvalue weighted by Crippen LogP contribution is -2.31. The number of aromatic nitrogens is 2. The smallest absolute Gasteiger partial charge is 0.251 e. The van der Waals surface area contributed by atoms with E-state index in [1.165, 1.54) is 0 Å². The van der Waals surface area contributed by atoms with E-state index < -0.39 is 0 Å². The van der Waals surface area contributed by atoms with Crippen molar-refractivity contribution < 1.29 is 4.79 Å². The standard InChI is InChI=1S/C15H18N4O/c1-12-3-5-13(6-4-12)15(20)19-10-9-16-11-14-17-7-2-8-18-14/h2-8,16H,9-11H2,1H3,(H,19,20). The van der Waals surface area contributed by atoms with E-state index in [-0.39, 0.29) is 5.91 Å². The van der Waals surface area contributed by atoms with Crippen molar-refractivity contribution in [3.05, 3.63) is 59.7 Å². The minimum Gasteiger partial charge on any atom is -0.351 e. The molecule has 1 aromatic carbocycles. The van der Waals surface area contributed by atoms with Gasteiger partial charge < -0.3 is 10.6 Å². The third kappa shape index (κ3) is 4.44. The van der Waals surface area contributed by atoms with Crippen LogP contribution in [0.3, 0.4) is 0 Å². The van der Waals surface area contributed by atoms with Crippen LogP contribution in [0.2, 0.25) is 0 Å². The largest absolute Gasteiger partial charge is 0.351 e. The predicted octanol–water partition coefficient (Wildman–Crippen LogP) is 1.30. The molecule has 0 spiro atoms. The maximum Gasteiger partial charge on any atom is 0.251 e. The number of carbonyl (C=O) groups excluding carboxylic acids is 1. The molecule has 104 valence electrons. The molecular weight excluding hydrogens is 252 g/mol. The fourth-order valence-corrected chi connectivity index (χ4v) is 1.69. The Kier molecular flexibility index (Phi) is 5.20. The van der Waals surface area contributed by atoms with Gasteiger partial charge >= 0.3 is 0 Å². The first-order valence-corrected chi connectivity index (χ1v) is 6.57. The normalized spacial score (nSPS) is 10.2. The van der Waals surface area contributed by atoms with E-state index in [2.05, 4.69) is 20.6 Å². The molecule has 5 nitrogen and oxygen atoms in total. The highest BCUT2D eigenvalue weighted by molar-refractivity contribution is 5.94. The monoisotopic (exact) mass is 270 g/mol. The highest BCUT2D eigenvalue weighted by Crippen LogP contribution is 2.02. The molecule has 0 saturated heterocycles. The van der Waals surface area contributed by atoms with Gasteiger partial charge in [0.25, 0.3) is 5.91 Å². The van der Waals surface area contributed by atoms with Gasteiger partial charge in [-0.25, -0.2) is 9.97 Å². The summed E-state index contributed by atoms with van der Waals surface area (Å²) in [6.07, 6.45) is 3.42. The zero-order valence-electron chi connectivity index (χ0n) is 11.5. The lowest BCUT2D eigenvalue weighted by atomic mass is 10.1. The fraction of sp³-hybridized carbons (Fsp3) is 0.267. The Balaban J connectivity index is 1.66. The molecule has 0 atom stereocenters. The number of nitrogens with zero attached hydrogens (tertiary/aromatic N) is 2. The van der Waals surface area contributed by atoms with Gasteiger partial charge in [0, 0.05) is 31.0 Å². The molecule has 0 radical (unpaired) electrons. The molecule has 0 fully saturated rings. The van der Waals surface area contributed by atoms with E-state index in [1.807, 2.05) is 31.2 Å². The van der Waals surface area contributed by atoms with Crippen LogP contribution >= 0.6 is 0 Å². The number of hydrogen-bond acceptors (Lipinski definition) is 4. The number of benzene rings is 1. The van der Waals surface area contributed by atoms with Crippen LogP contribution in [0.4, 0.5) is 0 Å². The van der Waals surface area contributed by atoms with Gasteiger partial charge in [0.15, 0.2) is 0 Å². The van der Waals surface area contributed by atoms with Crippen LogP contribution in [0.15, 0.2) is 42.7 Å². The number of aryl methyl sites for hydroxylation is 1. The molecule has 0 aliphatic rings. The minimum absolute atomic E-state index is 0.0530. The van der Waals surface area contributed by atoms with E-state index in [0.717, 1.165) is 11.4 Å². The SMILES string of the molecule is Cc1ccc(C(=O)NCCNCc2ncccn2)cc1. The topological polar surface area (TPSA) is 66.9 Å². The Morgan fingerprint density at radius 3 is 2.50 bits per heavy atom. The first-order valence-electron chi connectivity index (χ1n) is 6.57. The highest BCUT2D eigenvalue weighted by Gasteiger charge is 2.03. The third-order valence-corrected chi connectivity index (χ3v) is 2.80. The van der Waals surface area contributed by atoms with Crippen LogP contribution in [-0.2, 0) is 6.54 Å². The molecule has 0 saturated carbocycles. The van der Waals surface area contributed by atoms with Crippen LogP contribution in [0.25, 0.3) is 0 Å². The van der Waals surface area contributed by atoms with Gasteiger partial charge in [0.1, 0.15) is 5.82 Å². The first-order chi connectivity index (χ1) is 9.75. The number of rotatable bonds is 6. The Labute approximate surface area is 118 Å². The molecule has 2 N–H and O–H groups in total. The van der Waals surface area contributed by atoms with Crippen LogP contribution in [-0.4, -0.2) is 29.0 Å². The summed E-state index contributed by atoms with van der Waals surface area (Å²) in [5.74, 6) is 0.695. The van der Waals surface area contributed by atoms with Gasteiger partial charge in [0.05, 0.1) is 6.54 Å². The molecule has 1 aromatic heterocycles. The van der Waals surface area contributed by atoms with E-state index in [4.69, 9.17) is 0 Å². The molecule has 0 unspecified atom stereocenters. The van der Waals surface area contributed by atoms with Crippen molar-refractivity contribution >= 4 is 5.91 Å². The van der Waals surface area contributed by atoms with Gasteiger partial charge in [-0.1, -0.05) is 17.7 Å². The first kappa shape index (κ1) is 14.1. The molecule has 0 aliphatic heterocycles. The minimum atomic E-state index is -0.0530. The maximum absolute atomic E-state index is 11.8. The molecule has 1 amide bonds. The lowest BCUT2D eigenvalue weighted by Gasteiger charge is -2.06. The zero-order chi connectivity index (χ0) is 14.2. The van der Waals surface area contributed by atoms with Gasteiger partial charge in [-0.2, -0.15) is 0 Å². The Morgan fingerprint density at radius 2 is 1.80 bits per heavy atom. The average Bonchev–Trinajstić information content (AvgIpc) is 2.48. The zero-order valence-corrected chi connectivity index (χ0v) is 11.5. The quantitative estimate of drug-likeness (QED) is 0.777. The van der Waals surface area contributed by atoms with Gasteiger partial charge in [-0.3, -0.25) is 4.79 Å². The summed E-state index contributed by atoms with van der Waals surface area (Å²) in [5.41, 5.74) is 1.83.